The lowest BCUT2D eigenvalue weighted by Crippen LogP contribution is -2.60. The summed E-state index contributed by atoms with van der Waals surface area (Å²) < 4.78 is 16.0. The lowest BCUT2D eigenvalue weighted by Gasteiger charge is -2.40. The van der Waals surface area contributed by atoms with E-state index in [1.165, 1.54) is 32.7 Å². The Hall–Kier alpha value is -5.69. The molecule has 0 saturated carbocycles. The third-order valence-electron chi connectivity index (χ3n) is 13.9. The number of ether oxygens (including phenoxy) is 3. The van der Waals surface area contributed by atoms with Crippen molar-refractivity contribution in [3.63, 3.8) is 0 Å². The molecule has 24 heteroatoms. The highest BCUT2D eigenvalue weighted by Crippen LogP contribution is 2.32. The second-order valence-electron chi connectivity index (χ2n) is 21.3. The van der Waals surface area contributed by atoms with Gasteiger partial charge in [0.05, 0.1) is 24.5 Å². The summed E-state index contributed by atoms with van der Waals surface area (Å²) >= 11 is 2.40. The first-order chi connectivity index (χ1) is 37.7. The molecule has 2 aromatic rings. The normalized spacial score (nSPS) is 14.5. The maximum Gasteiger partial charge on any atom is 0.303 e. The standard InChI is InChI=1S/C56H92N10O12S2/c1-16-36(6)48(62-55(75)56(10,11)65(12)13)54(74)66(17-2)44(34(3)4)30-45(78-39(9)67)53-61-43(32-80-53)51(72)59-41(29-40-23-21-35(5)22-24-40)28-37(7)49(70)58-38(8)50(71)60-42(52(73)64-63-47(69)33-79-15)20-18-19-25-57-46(68)31-77-27-26-76-14/h21-24,32,34,36-38,41-42,44-45,48H,16-20,25-31,33H2,1-15H3,(H,57,68)(H,58,70)(H,59,72)(H,60,71)(H,62,75)(H,63,69)(H,64,73)/t36?,37?,38?,41-,42?,44-,45-,48+/m1/s1. The van der Waals surface area contributed by atoms with E-state index in [0.29, 0.717) is 43.8 Å². The largest absolute Gasteiger partial charge is 0.455 e. The Morgan fingerprint density at radius 2 is 1.50 bits per heavy atom. The predicted molar refractivity (Wildman–Crippen MR) is 310 cm³/mol. The van der Waals surface area contributed by atoms with E-state index < -0.39 is 83.3 Å². The van der Waals surface area contributed by atoms with Gasteiger partial charge >= 0.3 is 5.97 Å². The Morgan fingerprint density at radius 1 is 0.825 bits per heavy atom. The fraction of sp³-hybridized carbons (Fsp3) is 0.679. The van der Waals surface area contributed by atoms with Gasteiger partial charge in [-0.25, -0.2) is 4.98 Å². The van der Waals surface area contributed by atoms with E-state index in [1.807, 2.05) is 65.8 Å². The molecule has 2 rings (SSSR count). The number of nitrogens with one attached hydrogen (secondary N) is 7. The molecule has 8 amide bonds. The Labute approximate surface area is 482 Å². The van der Waals surface area contributed by atoms with Crippen LogP contribution in [0.15, 0.2) is 29.6 Å². The molecule has 0 spiro atoms. The molecule has 0 radical (unpaired) electrons. The molecule has 0 aliphatic heterocycles. The van der Waals surface area contributed by atoms with Crippen LogP contribution in [0.1, 0.15) is 140 Å². The number of hydrogen-bond donors (Lipinski definition) is 7. The minimum Gasteiger partial charge on any atom is -0.455 e. The van der Waals surface area contributed by atoms with Crippen LogP contribution in [0.5, 0.6) is 0 Å². The van der Waals surface area contributed by atoms with E-state index in [-0.39, 0.29) is 80.0 Å². The van der Waals surface area contributed by atoms with Gasteiger partial charge in [0, 0.05) is 56.9 Å². The number of unbranched alkanes of at least 4 members (excludes halogenated alkanes) is 1. The van der Waals surface area contributed by atoms with Crippen LogP contribution < -0.4 is 37.4 Å². The lowest BCUT2D eigenvalue weighted by molar-refractivity contribution is -0.150. The average Bonchev–Trinajstić information content (AvgIpc) is 3.91. The molecule has 0 bridgehead atoms. The molecular formula is C56H92N10O12S2. The summed E-state index contributed by atoms with van der Waals surface area (Å²) in [4.78, 5) is 128. The van der Waals surface area contributed by atoms with Gasteiger partial charge in [0.1, 0.15) is 35.4 Å². The van der Waals surface area contributed by atoms with Crippen molar-refractivity contribution in [3.8, 4) is 0 Å². The minimum absolute atomic E-state index is 0.0570. The second-order valence-corrected chi connectivity index (χ2v) is 23.0. The Kier molecular flexibility index (Phi) is 31.6. The van der Waals surface area contributed by atoms with E-state index in [4.69, 9.17) is 14.2 Å². The quantitative estimate of drug-likeness (QED) is 0.0288. The van der Waals surface area contributed by atoms with Gasteiger partial charge in [0.2, 0.25) is 35.4 Å². The number of benzene rings is 1. The number of rotatable bonds is 36. The van der Waals surface area contributed by atoms with Crippen molar-refractivity contribution in [2.24, 2.45) is 17.8 Å². The Morgan fingerprint density at radius 3 is 2.09 bits per heavy atom. The zero-order valence-electron chi connectivity index (χ0n) is 49.8. The van der Waals surface area contributed by atoms with Crippen LogP contribution in [-0.4, -0.2) is 170 Å². The lowest BCUT2D eigenvalue weighted by atomic mass is 9.91. The number of aryl methyl sites for hydroxylation is 1. The van der Waals surface area contributed by atoms with Gasteiger partial charge in [-0.15, -0.1) is 11.3 Å². The molecule has 1 aromatic carbocycles. The van der Waals surface area contributed by atoms with Crippen LogP contribution in [0.4, 0.5) is 0 Å². The molecule has 0 fully saturated rings. The maximum absolute atomic E-state index is 14.6. The third kappa shape index (κ3) is 24.2. The monoisotopic (exact) mass is 1160 g/mol. The second kappa shape index (κ2) is 35.9. The highest BCUT2D eigenvalue weighted by atomic mass is 32.2. The van der Waals surface area contributed by atoms with E-state index in [9.17, 15) is 43.2 Å². The average molecular weight is 1160 g/mol. The number of hydrazine groups is 1. The van der Waals surface area contributed by atoms with Crippen LogP contribution in [0.2, 0.25) is 0 Å². The molecule has 4 unspecified atom stereocenters. The third-order valence-corrected chi connectivity index (χ3v) is 15.4. The van der Waals surface area contributed by atoms with E-state index >= 15 is 0 Å². The molecular weight excluding hydrogens is 1070 g/mol. The van der Waals surface area contributed by atoms with Gasteiger partial charge in [-0.05, 0) is 104 Å². The summed E-state index contributed by atoms with van der Waals surface area (Å²) in [6.07, 6.45) is 3.08. The Bertz CT molecular complexity index is 2320. The van der Waals surface area contributed by atoms with Crippen molar-refractivity contribution in [1.82, 2.24) is 52.2 Å². The van der Waals surface area contributed by atoms with Crippen LogP contribution in [-0.2, 0) is 59.0 Å². The molecule has 0 saturated heterocycles. The molecule has 0 aliphatic rings. The summed E-state index contributed by atoms with van der Waals surface area (Å²) in [5.41, 5.74) is 5.79. The van der Waals surface area contributed by atoms with Crippen molar-refractivity contribution >= 4 is 76.3 Å². The van der Waals surface area contributed by atoms with Gasteiger partial charge in [-0.2, -0.15) is 11.8 Å². The van der Waals surface area contributed by atoms with Gasteiger partial charge < -0.3 is 45.7 Å². The molecule has 7 N–H and O–H groups in total. The summed E-state index contributed by atoms with van der Waals surface area (Å²) in [5.74, 6) is -5.19. The predicted octanol–water partition coefficient (Wildman–Crippen LogP) is 4.01. The van der Waals surface area contributed by atoms with E-state index in [2.05, 4.69) is 42.4 Å². The topological polar surface area (TPSA) is 285 Å². The number of carbonyl (C=O) groups is 9. The van der Waals surface area contributed by atoms with Gasteiger partial charge in [-0.3, -0.25) is 58.9 Å². The summed E-state index contributed by atoms with van der Waals surface area (Å²) in [5, 5.41) is 16.2. The fourth-order valence-corrected chi connectivity index (χ4v) is 9.46. The number of thioether (sulfide) groups is 1. The van der Waals surface area contributed by atoms with Crippen molar-refractivity contribution in [1.29, 1.82) is 0 Å². The van der Waals surface area contributed by atoms with E-state index in [0.717, 1.165) is 22.5 Å². The zero-order chi connectivity index (χ0) is 60.3. The number of esters is 1. The Balaban J connectivity index is 2.32. The van der Waals surface area contributed by atoms with Gasteiger partial charge in [0.15, 0.2) is 6.10 Å². The van der Waals surface area contributed by atoms with Gasteiger partial charge in [0.25, 0.3) is 11.8 Å². The summed E-state index contributed by atoms with van der Waals surface area (Å²) in [6, 6.07) is 3.66. The van der Waals surface area contributed by atoms with Crippen molar-refractivity contribution < 1.29 is 57.4 Å². The molecule has 1 heterocycles. The van der Waals surface area contributed by atoms with Crippen LogP contribution in [0.3, 0.4) is 0 Å². The first-order valence-corrected chi connectivity index (χ1v) is 29.8. The number of carbonyl (C=O) groups excluding carboxylic acids is 9. The van der Waals surface area contributed by atoms with E-state index in [1.54, 1.807) is 56.3 Å². The molecule has 0 aliphatic carbocycles. The van der Waals surface area contributed by atoms with Gasteiger partial charge in [-0.1, -0.05) is 70.9 Å². The molecule has 1 aromatic heterocycles. The molecule has 22 nitrogen and oxygen atoms in total. The number of amides is 8. The minimum atomic E-state index is -1.10. The number of likely N-dealkylation sites (N-methyl/N-ethyl adjacent to an activating group) is 2. The van der Waals surface area contributed by atoms with Crippen LogP contribution >= 0.6 is 23.1 Å². The molecule has 450 valence electrons. The number of methoxy groups -OCH3 is 1. The van der Waals surface area contributed by atoms with Crippen molar-refractivity contribution in [2.45, 2.75) is 163 Å². The summed E-state index contributed by atoms with van der Waals surface area (Å²) in [6.45, 7) is 20.8. The number of hydrogen-bond acceptors (Lipinski definition) is 16. The van der Waals surface area contributed by atoms with Crippen LogP contribution in [0, 0.1) is 24.7 Å². The van der Waals surface area contributed by atoms with Crippen molar-refractivity contribution in [2.75, 3.05) is 66.1 Å². The molecule has 80 heavy (non-hydrogen) atoms. The maximum atomic E-state index is 14.6. The fourth-order valence-electron chi connectivity index (χ4n) is 8.28. The number of aromatic nitrogens is 1. The van der Waals surface area contributed by atoms with Crippen molar-refractivity contribution in [3.05, 3.63) is 51.5 Å². The summed E-state index contributed by atoms with van der Waals surface area (Å²) in [7, 11) is 5.14. The van der Waals surface area contributed by atoms with Crippen LogP contribution in [0.25, 0.3) is 0 Å². The number of nitrogens with zero attached hydrogens (tertiary/aromatic N) is 3. The number of thiazole rings is 1. The first-order valence-electron chi connectivity index (χ1n) is 27.5. The molecule has 8 atom stereocenters. The smallest absolute Gasteiger partial charge is 0.303 e. The first kappa shape index (κ1) is 70.4. The highest BCUT2D eigenvalue weighted by Gasteiger charge is 2.40. The highest BCUT2D eigenvalue weighted by molar-refractivity contribution is 7.99. The zero-order valence-corrected chi connectivity index (χ0v) is 51.5. The SMILES string of the molecule is CCC(C)[C@H](NC(=O)C(C)(C)N(C)C)C(=O)N(CC)[C@H](C[C@@H](OC(C)=O)c1nc(C(=O)N[C@@H](Cc2ccc(C)cc2)CC(C)C(=O)NC(C)C(=O)NC(CCCCNC(=O)COCCOC)C(=O)NNC(=O)CSC)cs1)C(C)C.